The zero-order chi connectivity index (χ0) is 11.0. The number of ether oxygens (including phenoxy) is 2. The zero-order valence-corrected chi connectivity index (χ0v) is 9.83. The lowest BCUT2D eigenvalue weighted by Gasteiger charge is -2.20. The van der Waals surface area contributed by atoms with E-state index in [0.29, 0.717) is 19.8 Å². The summed E-state index contributed by atoms with van der Waals surface area (Å²) in [4.78, 5) is 5.74. The first-order valence-corrected chi connectivity index (χ1v) is 6.53. The highest BCUT2D eigenvalue weighted by Crippen LogP contribution is 2.36. The van der Waals surface area contributed by atoms with Gasteiger partial charge in [-0.3, -0.25) is 0 Å². The van der Waals surface area contributed by atoms with Crippen molar-refractivity contribution in [1.82, 2.24) is 4.98 Å². The summed E-state index contributed by atoms with van der Waals surface area (Å²) in [5.41, 5.74) is 0.875. The average Bonchev–Trinajstić information content (AvgIpc) is 2.76. The van der Waals surface area contributed by atoms with E-state index in [0.717, 1.165) is 30.0 Å². The number of nitrogens with zero attached hydrogens (tertiary/aromatic N) is 1. The van der Waals surface area contributed by atoms with Gasteiger partial charge in [0.05, 0.1) is 31.6 Å². The Labute approximate surface area is 98.2 Å². The number of hydrogen-bond donors (Lipinski definition) is 1. The Bertz CT molecular complexity index is 373. The van der Waals surface area contributed by atoms with Crippen molar-refractivity contribution in [2.24, 2.45) is 0 Å². The summed E-state index contributed by atoms with van der Waals surface area (Å²) in [6, 6.07) is 0. The molecule has 1 N–H and O–H groups in total. The smallest absolute Gasteiger partial charge is 0.132 e. The minimum Gasteiger partial charge on any atom is -0.387 e. The molecule has 0 spiro atoms. The van der Waals surface area contributed by atoms with Crippen LogP contribution in [0.4, 0.5) is 0 Å². The number of rotatable bonds is 1. The summed E-state index contributed by atoms with van der Waals surface area (Å²) in [7, 11) is 0. The van der Waals surface area contributed by atoms with Gasteiger partial charge >= 0.3 is 0 Å². The van der Waals surface area contributed by atoms with Crippen LogP contribution in [-0.4, -0.2) is 29.9 Å². The second kappa shape index (κ2) is 4.41. The van der Waals surface area contributed by atoms with E-state index in [1.807, 2.05) is 0 Å². The molecule has 2 heterocycles. The van der Waals surface area contributed by atoms with Crippen LogP contribution in [0.2, 0.25) is 0 Å². The monoisotopic (exact) mass is 241 g/mol. The molecular formula is C11H15NO3S. The summed E-state index contributed by atoms with van der Waals surface area (Å²) in [5, 5.41) is 10.8. The highest BCUT2D eigenvalue weighted by molar-refractivity contribution is 7.11. The zero-order valence-electron chi connectivity index (χ0n) is 9.02. The van der Waals surface area contributed by atoms with Crippen LogP contribution in [0.5, 0.6) is 0 Å². The van der Waals surface area contributed by atoms with E-state index in [-0.39, 0.29) is 12.2 Å². The summed E-state index contributed by atoms with van der Waals surface area (Å²) >= 11 is 1.67. The Kier molecular flexibility index (Phi) is 2.93. The minimum atomic E-state index is -0.377. The van der Waals surface area contributed by atoms with Gasteiger partial charge in [-0.15, -0.1) is 11.3 Å². The molecule has 0 saturated carbocycles. The van der Waals surface area contributed by atoms with Crippen molar-refractivity contribution in [2.75, 3.05) is 19.8 Å². The Balaban J connectivity index is 1.85. The maximum Gasteiger partial charge on any atom is 0.132 e. The number of hydrogen-bond acceptors (Lipinski definition) is 5. The molecule has 2 unspecified atom stereocenters. The van der Waals surface area contributed by atoms with Gasteiger partial charge in [-0.25, -0.2) is 4.98 Å². The summed E-state index contributed by atoms with van der Waals surface area (Å²) in [5.74, 6) is 0. The molecule has 1 aliphatic heterocycles. The predicted octanol–water partition coefficient (Wildman–Crippen LogP) is 1.60. The Morgan fingerprint density at radius 2 is 2.31 bits per heavy atom. The highest BCUT2D eigenvalue weighted by Gasteiger charge is 2.27. The van der Waals surface area contributed by atoms with Crippen molar-refractivity contribution in [2.45, 2.75) is 31.5 Å². The van der Waals surface area contributed by atoms with Crippen molar-refractivity contribution in [1.29, 1.82) is 0 Å². The third-order valence-electron chi connectivity index (χ3n) is 3.03. The van der Waals surface area contributed by atoms with Crippen LogP contribution in [0.25, 0.3) is 0 Å². The third kappa shape index (κ3) is 1.88. The molecule has 2 aliphatic rings. The van der Waals surface area contributed by atoms with Gasteiger partial charge in [0, 0.05) is 4.88 Å². The summed E-state index contributed by atoms with van der Waals surface area (Å²) < 4.78 is 11.0. The van der Waals surface area contributed by atoms with Crippen molar-refractivity contribution in [3.63, 3.8) is 0 Å². The molecule has 88 valence electrons. The summed E-state index contributed by atoms with van der Waals surface area (Å²) in [6.07, 6.45) is 2.52. The van der Waals surface area contributed by atoms with E-state index < -0.39 is 0 Å². The molecule has 4 nitrogen and oxygen atoms in total. The molecule has 1 aromatic heterocycles. The summed E-state index contributed by atoms with van der Waals surface area (Å²) in [6.45, 7) is 1.89. The molecule has 1 aromatic rings. The van der Waals surface area contributed by atoms with E-state index in [1.165, 1.54) is 4.88 Å². The second-order valence-corrected chi connectivity index (χ2v) is 5.32. The molecule has 1 saturated heterocycles. The van der Waals surface area contributed by atoms with Crippen LogP contribution in [0.1, 0.15) is 40.6 Å². The maximum atomic E-state index is 9.85. The van der Waals surface area contributed by atoms with Gasteiger partial charge in [0.25, 0.3) is 0 Å². The van der Waals surface area contributed by atoms with Crippen molar-refractivity contribution < 1.29 is 14.6 Å². The number of aromatic nitrogens is 1. The van der Waals surface area contributed by atoms with Crippen LogP contribution in [-0.2, 0) is 15.9 Å². The second-order valence-electron chi connectivity index (χ2n) is 4.20. The average molecular weight is 241 g/mol. The molecule has 0 radical (unpaired) electrons. The van der Waals surface area contributed by atoms with E-state index in [1.54, 1.807) is 11.3 Å². The van der Waals surface area contributed by atoms with Gasteiger partial charge in [-0.1, -0.05) is 0 Å². The van der Waals surface area contributed by atoms with Gasteiger partial charge in [0.2, 0.25) is 0 Å². The molecule has 0 amide bonds. The largest absolute Gasteiger partial charge is 0.387 e. The van der Waals surface area contributed by atoms with E-state index in [4.69, 9.17) is 9.47 Å². The topological polar surface area (TPSA) is 51.6 Å². The lowest BCUT2D eigenvalue weighted by atomic mass is 10.0. The molecule has 1 fully saturated rings. The Morgan fingerprint density at radius 3 is 3.06 bits per heavy atom. The number of aliphatic hydroxyl groups is 1. The van der Waals surface area contributed by atoms with Crippen LogP contribution >= 0.6 is 11.3 Å². The fraction of sp³-hybridized carbons (Fsp3) is 0.727. The molecule has 16 heavy (non-hydrogen) atoms. The molecular weight excluding hydrogens is 226 g/mol. The van der Waals surface area contributed by atoms with Crippen molar-refractivity contribution >= 4 is 11.3 Å². The highest BCUT2D eigenvalue weighted by atomic mass is 32.1. The van der Waals surface area contributed by atoms with Crippen LogP contribution < -0.4 is 0 Å². The number of thiazole rings is 1. The quantitative estimate of drug-likeness (QED) is 0.811. The van der Waals surface area contributed by atoms with Gasteiger partial charge in [-0.05, 0) is 19.3 Å². The van der Waals surface area contributed by atoms with Gasteiger partial charge in [0.1, 0.15) is 11.1 Å². The van der Waals surface area contributed by atoms with Gasteiger partial charge < -0.3 is 14.6 Å². The van der Waals surface area contributed by atoms with Crippen molar-refractivity contribution in [3.8, 4) is 0 Å². The van der Waals surface area contributed by atoms with E-state index in [9.17, 15) is 5.11 Å². The Morgan fingerprint density at radius 1 is 1.38 bits per heavy atom. The first kappa shape index (κ1) is 10.7. The molecule has 0 bridgehead atoms. The fourth-order valence-electron chi connectivity index (χ4n) is 2.18. The lowest BCUT2D eigenvalue weighted by molar-refractivity contribution is -0.0902. The van der Waals surface area contributed by atoms with Crippen LogP contribution in [0.15, 0.2) is 0 Å². The number of aryl methyl sites for hydroxylation is 1. The molecule has 0 aromatic carbocycles. The van der Waals surface area contributed by atoms with Gasteiger partial charge in [0.15, 0.2) is 0 Å². The normalized spacial score (nSPS) is 30.1. The molecule has 1 aliphatic carbocycles. The lowest BCUT2D eigenvalue weighted by Crippen LogP contribution is -2.21. The predicted molar refractivity (Wildman–Crippen MR) is 59.5 cm³/mol. The molecule has 5 heteroatoms. The van der Waals surface area contributed by atoms with E-state index >= 15 is 0 Å². The first-order valence-electron chi connectivity index (χ1n) is 5.71. The Hall–Kier alpha value is -0.490. The van der Waals surface area contributed by atoms with Crippen LogP contribution in [0.3, 0.4) is 0 Å². The molecule has 3 rings (SSSR count). The SMILES string of the molecule is OC1CCCc2sc(C3COCCO3)nc21. The standard InChI is InChI=1S/C11H15NO3S/c13-7-2-1-3-9-10(7)12-11(16-9)8-6-14-4-5-15-8/h7-8,13H,1-6H2. The molecule has 2 atom stereocenters. The van der Waals surface area contributed by atoms with Crippen molar-refractivity contribution in [3.05, 3.63) is 15.6 Å². The number of aliphatic hydroxyl groups excluding tert-OH is 1. The minimum absolute atomic E-state index is 0.0310. The maximum absolute atomic E-state index is 9.85. The first-order chi connectivity index (χ1) is 7.84. The number of fused-ring (bicyclic) bond motifs is 1. The van der Waals surface area contributed by atoms with Crippen LogP contribution in [0, 0.1) is 0 Å². The third-order valence-corrected chi connectivity index (χ3v) is 4.26. The fourth-order valence-corrected chi connectivity index (χ4v) is 3.38. The van der Waals surface area contributed by atoms with E-state index in [2.05, 4.69) is 4.98 Å². The van der Waals surface area contributed by atoms with Gasteiger partial charge in [-0.2, -0.15) is 0 Å².